The maximum Gasteiger partial charge on any atom is 0.140 e. The fraction of sp³-hybridized carbons (Fsp3) is 0.100. The third-order valence-corrected chi connectivity index (χ3v) is 10.4. The molecule has 3 aromatic heterocycles. The SMILES string of the molecule is Cn1c(-c2cccc(Oc3ccc4c5c6c(ccc5n(-c5ccccn5)c4c3)Sc3ccccc3C6(C)C)c2)nc2ccccc21. The van der Waals surface area contributed by atoms with E-state index in [0.717, 1.165) is 50.8 Å². The number of pyridine rings is 1. The molecule has 4 heterocycles. The summed E-state index contributed by atoms with van der Waals surface area (Å²) in [5.41, 5.74) is 7.83. The second-order valence-corrected chi connectivity index (χ2v) is 13.5. The van der Waals surface area contributed by atoms with Crippen LogP contribution in [-0.2, 0) is 12.5 Å². The molecule has 0 spiro atoms. The molecule has 0 radical (unpaired) electrons. The highest BCUT2D eigenvalue weighted by molar-refractivity contribution is 7.99. The van der Waals surface area contributed by atoms with Crippen molar-refractivity contribution in [2.24, 2.45) is 7.05 Å². The lowest BCUT2D eigenvalue weighted by molar-refractivity contribution is 0.483. The van der Waals surface area contributed by atoms with E-state index < -0.39 is 0 Å². The van der Waals surface area contributed by atoms with Crippen molar-refractivity contribution < 1.29 is 4.74 Å². The summed E-state index contributed by atoms with van der Waals surface area (Å²) in [5, 5.41) is 2.45. The number of rotatable bonds is 4. The zero-order chi connectivity index (χ0) is 31.0. The summed E-state index contributed by atoms with van der Waals surface area (Å²) < 4.78 is 11.0. The van der Waals surface area contributed by atoms with Crippen LogP contribution in [0.4, 0.5) is 0 Å². The van der Waals surface area contributed by atoms with E-state index in [1.54, 1.807) is 0 Å². The zero-order valence-corrected chi connectivity index (χ0v) is 26.5. The summed E-state index contributed by atoms with van der Waals surface area (Å²) in [6, 6.07) is 42.2. The third kappa shape index (κ3) is 4.03. The predicted molar refractivity (Wildman–Crippen MR) is 187 cm³/mol. The lowest BCUT2D eigenvalue weighted by atomic mass is 9.76. The molecule has 8 aromatic rings. The number of aromatic nitrogens is 4. The monoisotopic (exact) mass is 614 g/mol. The fourth-order valence-corrected chi connectivity index (χ4v) is 8.55. The molecule has 222 valence electrons. The number of hydrogen-bond acceptors (Lipinski definition) is 4. The Bertz CT molecular complexity index is 2470. The largest absolute Gasteiger partial charge is 0.457 e. The molecule has 1 aliphatic rings. The molecule has 46 heavy (non-hydrogen) atoms. The van der Waals surface area contributed by atoms with Gasteiger partial charge in [-0.3, -0.25) is 4.57 Å². The van der Waals surface area contributed by atoms with E-state index in [-0.39, 0.29) is 5.41 Å². The molecule has 1 aliphatic heterocycles. The first-order chi connectivity index (χ1) is 22.5. The average molecular weight is 615 g/mol. The summed E-state index contributed by atoms with van der Waals surface area (Å²) in [4.78, 5) is 12.3. The number of aryl methyl sites for hydroxylation is 1. The van der Waals surface area contributed by atoms with Crippen molar-refractivity contribution in [3.8, 4) is 28.7 Å². The van der Waals surface area contributed by atoms with Crippen LogP contribution < -0.4 is 4.74 Å². The Hall–Kier alpha value is -5.33. The Labute approximate surface area is 271 Å². The number of para-hydroxylation sites is 2. The Morgan fingerprint density at radius 3 is 2.39 bits per heavy atom. The van der Waals surface area contributed by atoms with Crippen molar-refractivity contribution in [2.75, 3.05) is 0 Å². The van der Waals surface area contributed by atoms with E-state index in [4.69, 9.17) is 14.7 Å². The molecular weight excluding hydrogens is 585 g/mol. The average Bonchev–Trinajstić information content (AvgIpc) is 3.59. The van der Waals surface area contributed by atoms with Gasteiger partial charge in [-0.2, -0.15) is 0 Å². The van der Waals surface area contributed by atoms with E-state index in [0.29, 0.717) is 0 Å². The summed E-state index contributed by atoms with van der Waals surface area (Å²) >= 11 is 1.86. The topological polar surface area (TPSA) is 44.9 Å². The Balaban J connectivity index is 1.20. The van der Waals surface area contributed by atoms with Crippen LogP contribution in [0, 0.1) is 0 Å². The molecule has 5 nitrogen and oxygen atoms in total. The van der Waals surface area contributed by atoms with Gasteiger partial charge in [-0.15, -0.1) is 0 Å². The van der Waals surface area contributed by atoms with E-state index >= 15 is 0 Å². The zero-order valence-electron chi connectivity index (χ0n) is 25.7. The van der Waals surface area contributed by atoms with E-state index in [1.807, 2.05) is 60.4 Å². The van der Waals surface area contributed by atoms with Gasteiger partial charge >= 0.3 is 0 Å². The molecule has 0 atom stereocenters. The van der Waals surface area contributed by atoms with E-state index in [9.17, 15) is 0 Å². The normalized spacial score (nSPS) is 13.6. The first kappa shape index (κ1) is 27.0. The van der Waals surface area contributed by atoms with E-state index in [1.165, 1.54) is 31.7 Å². The smallest absolute Gasteiger partial charge is 0.140 e. The van der Waals surface area contributed by atoms with Crippen LogP contribution in [-0.4, -0.2) is 19.1 Å². The van der Waals surface area contributed by atoms with Crippen LogP contribution in [0.5, 0.6) is 11.5 Å². The van der Waals surface area contributed by atoms with Gasteiger partial charge in [-0.1, -0.05) is 74.1 Å². The number of nitrogens with zero attached hydrogens (tertiary/aromatic N) is 4. The van der Waals surface area contributed by atoms with Crippen molar-refractivity contribution in [3.05, 3.63) is 139 Å². The van der Waals surface area contributed by atoms with Crippen molar-refractivity contribution in [2.45, 2.75) is 29.1 Å². The van der Waals surface area contributed by atoms with Gasteiger partial charge in [-0.05, 0) is 77.9 Å². The van der Waals surface area contributed by atoms with Crippen LogP contribution in [0.25, 0.3) is 50.0 Å². The predicted octanol–water partition coefficient (Wildman–Crippen LogP) is 10.3. The van der Waals surface area contributed by atoms with Crippen LogP contribution in [0.1, 0.15) is 25.0 Å². The van der Waals surface area contributed by atoms with Gasteiger partial charge in [0, 0.05) is 50.9 Å². The molecule has 5 aromatic carbocycles. The molecule has 6 heteroatoms. The molecule has 0 saturated carbocycles. The fourth-order valence-electron chi connectivity index (χ4n) is 7.13. The Kier molecular flexibility index (Phi) is 5.93. The summed E-state index contributed by atoms with van der Waals surface area (Å²) in [5.74, 6) is 3.31. The first-order valence-corrected chi connectivity index (χ1v) is 16.3. The number of imidazole rings is 1. The number of ether oxygens (including phenoxy) is 1. The number of hydrogen-bond donors (Lipinski definition) is 0. The quantitative estimate of drug-likeness (QED) is 0.198. The van der Waals surface area contributed by atoms with Gasteiger partial charge in [0.25, 0.3) is 0 Å². The third-order valence-electron chi connectivity index (χ3n) is 9.26. The molecule has 0 aliphatic carbocycles. The summed E-state index contributed by atoms with van der Waals surface area (Å²) in [6.07, 6.45) is 1.86. The van der Waals surface area contributed by atoms with Crippen molar-refractivity contribution in [1.29, 1.82) is 0 Å². The Morgan fingerprint density at radius 2 is 1.52 bits per heavy atom. The van der Waals surface area contributed by atoms with Crippen molar-refractivity contribution >= 4 is 44.6 Å². The molecule has 0 unspecified atom stereocenters. The Morgan fingerprint density at radius 1 is 0.696 bits per heavy atom. The highest BCUT2D eigenvalue weighted by Crippen LogP contribution is 2.53. The van der Waals surface area contributed by atoms with Crippen molar-refractivity contribution in [3.63, 3.8) is 0 Å². The maximum absolute atomic E-state index is 6.57. The minimum Gasteiger partial charge on any atom is -0.457 e. The van der Waals surface area contributed by atoms with Gasteiger partial charge < -0.3 is 9.30 Å². The first-order valence-electron chi connectivity index (χ1n) is 15.5. The van der Waals surface area contributed by atoms with Gasteiger partial charge in [0.2, 0.25) is 0 Å². The highest BCUT2D eigenvalue weighted by Gasteiger charge is 2.36. The molecule has 0 N–H and O–H groups in total. The van der Waals surface area contributed by atoms with Crippen LogP contribution in [0.15, 0.2) is 137 Å². The van der Waals surface area contributed by atoms with Crippen LogP contribution in [0.3, 0.4) is 0 Å². The molecule has 0 bridgehead atoms. The minimum atomic E-state index is -0.175. The highest BCUT2D eigenvalue weighted by atomic mass is 32.2. The maximum atomic E-state index is 6.57. The number of fused-ring (bicyclic) bond motifs is 7. The molecule has 0 amide bonds. The molecule has 9 rings (SSSR count). The van der Waals surface area contributed by atoms with E-state index in [2.05, 4.69) is 109 Å². The van der Waals surface area contributed by atoms with Crippen LogP contribution in [0.2, 0.25) is 0 Å². The second-order valence-electron chi connectivity index (χ2n) is 12.4. The van der Waals surface area contributed by atoms with Crippen molar-refractivity contribution in [1.82, 2.24) is 19.1 Å². The van der Waals surface area contributed by atoms with Gasteiger partial charge in [-0.25, -0.2) is 9.97 Å². The summed E-state index contributed by atoms with van der Waals surface area (Å²) in [6.45, 7) is 4.70. The molecule has 0 fully saturated rings. The lowest BCUT2D eigenvalue weighted by Crippen LogP contribution is -2.24. The van der Waals surface area contributed by atoms with Gasteiger partial charge in [0.05, 0.1) is 22.1 Å². The molecule has 0 saturated heterocycles. The minimum absolute atomic E-state index is 0.175. The van der Waals surface area contributed by atoms with Gasteiger partial charge in [0.1, 0.15) is 23.1 Å². The van der Waals surface area contributed by atoms with Crippen LogP contribution >= 0.6 is 11.8 Å². The number of benzene rings is 5. The molecular formula is C40H30N4OS. The van der Waals surface area contributed by atoms with Gasteiger partial charge in [0.15, 0.2) is 0 Å². The second kappa shape index (κ2) is 10.1. The standard InChI is InChI=1S/C40H30N4OS/c1-40(2)29-13-4-7-16-34(29)46-35-21-20-32-37(38(35)40)28-19-18-27(24-33(28)44(32)36-17-8-9-22-41-36)45-26-12-10-11-25(23-26)39-42-30-14-5-6-15-31(30)43(39)3/h4-24H,1-3H3. The summed E-state index contributed by atoms with van der Waals surface area (Å²) in [7, 11) is 2.06. The lowest BCUT2D eigenvalue weighted by Gasteiger charge is -2.35.